The maximum Gasteiger partial charge on any atom is 0.273 e. The minimum Gasteiger partial charge on any atom is -0.506 e. The minimum absolute atomic E-state index is 0.107. The number of phenols is 1. The largest absolute Gasteiger partial charge is 0.506 e. The minimum atomic E-state index is -0.679. The molecule has 0 aromatic heterocycles. The van der Waals surface area contributed by atoms with Crippen molar-refractivity contribution in [2.75, 3.05) is 17.3 Å². The molecule has 1 aromatic carbocycles. The van der Waals surface area contributed by atoms with Gasteiger partial charge in [-0.25, -0.2) is 0 Å². The summed E-state index contributed by atoms with van der Waals surface area (Å²) in [5, 5.41) is 22.5. The Balaban J connectivity index is 2.72. The Bertz CT molecular complexity index is 481. The van der Waals surface area contributed by atoms with E-state index in [1.54, 1.807) is 11.8 Å². The molecule has 4 N–H and O–H groups in total. The van der Waals surface area contributed by atoms with E-state index in [2.05, 4.69) is 5.32 Å². The highest BCUT2D eigenvalue weighted by Crippen LogP contribution is 2.27. The first kappa shape index (κ1) is 15.3. The van der Waals surface area contributed by atoms with Crippen LogP contribution in [0.4, 0.5) is 11.4 Å². The molecule has 7 nitrogen and oxygen atoms in total. The summed E-state index contributed by atoms with van der Waals surface area (Å²) in [5.74, 6) is -0.0429. The topological polar surface area (TPSA) is 118 Å². The molecule has 0 aliphatic carbocycles. The van der Waals surface area contributed by atoms with Crippen LogP contribution in [0.5, 0.6) is 5.75 Å². The number of anilines is 1. The molecule has 1 aromatic rings. The van der Waals surface area contributed by atoms with E-state index < -0.39 is 16.9 Å². The Morgan fingerprint density at radius 1 is 1.63 bits per heavy atom. The highest BCUT2D eigenvalue weighted by molar-refractivity contribution is 7.98. The average Bonchev–Trinajstić information content (AvgIpc) is 2.37. The summed E-state index contributed by atoms with van der Waals surface area (Å²) >= 11 is 1.58. The van der Waals surface area contributed by atoms with Gasteiger partial charge in [-0.2, -0.15) is 11.8 Å². The SMILES string of the molecule is CSCC[C@@H](N)C(=O)Nc1ccc([N+](=O)[O-])cc1O. The number of nitro groups is 1. The van der Waals surface area contributed by atoms with Crippen molar-refractivity contribution in [1.29, 1.82) is 0 Å². The third-order valence-electron chi connectivity index (χ3n) is 2.42. The number of carbonyl (C=O) groups excluding carboxylic acids is 1. The second kappa shape index (κ2) is 6.95. The van der Waals surface area contributed by atoms with Gasteiger partial charge in [0.1, 0.15) is 5.75 Å². The van der Waals surface area contributed by atoms with Gasteiger partial charge in [-0.3, -0.25) is 14.9 Å². The van der Waals surface area contributed by atoms with Crippen LogP contribution in [0, 0.1) is 10.1 Å². The van der Waals surface area contributed by atoms with Gasteiger partial charge in [-0.15, -0.1) is 0 Å². The van der Waals surface area contributed by atoms with E-state index in [0.29, 0.717) is 6.42 Å². The summed E-state index contributed by atoms with van der Waals surface area (Å²) in [5.41, 5.74) is 5.52. The molecule has 19 heavy (non-hydrogen) atoms. The summed E-state index contributed by atoms with van der Waals surface area (Å²) in [4.78, 5) is 21.6. The van der Waals surface area contributed by atoms with Crippen molar-refractivity contribution < 1.29 is 14.8 Å². The fourth-order valence-electron chi connectivity index (χ4n) is 1.34. The van der Waals surface area contributed by atoms with Crippen LogP contribution in [0.1, 0.15) is 6.42 Å². The molecule has 0 saturated heterocycles. The second-order valence-corrected chi connectivity index (χ2v) is 4.82. The van der Waals surface area contributed by atoms with Gasteiger partial charge in [0.15, 0.2) is 0 Å². The van der Waals surface area contributed by atoms with Crippen LogP contribution in [0.25, 0.3) is 0 Å². The number of nitrogens with two attached hydrogens (primary N) is 1. The second-order valence-electron chi connectivity index (χ2n) is 3.84. The molecule has 0 aliphatic rings. The molecule has 0 bridgehead atoms. The average molecular weight is 285 g/mol. The maximum absolute atomic E-state index is 11.7. The van der Waals surface area contributed by atoms with Crippen LogP contribution in [0.15, 0.2) is 18.2 Å². The number of hydrogen-bond donors (Lipinski definition) is 3. The van der Waals surface area contributed by atoms with Gasteiger partial charge in [-0.1, -0.05) is 0 Å². The lowest BCUT2D eigenvalue weighted by Gasteiger charge is -2.12. The first-order valence-electron chi connectivity index (χ1n) is 5.48. The molecule has 0 radical (unpaired) electrons. The summed E-state index contributed by atoms with van der Waals surface area (Å²) in [6.07, 6.45) is 2.42. The molecule has 0 saturated carbocycles. The van der Waals surface area contributed by atoms with E-state index in [1.165, 1.54) is 12.1 Å². The van der Waals surface area contributed by atoms with E-state index in [0.717, 1.165) is 11.8 Å². The third-order valence-corrected chi connectivity index (χ3v) is 3.06. The van der Waals surface area contributed by atoms with E-state index in [-0.39, 0.29) is 17.1 Å². The van der Waals surface area contributed by atoms with Crippen molar-refractivity contribution in [3.8, 4) is 5.75 Å². The summed E-state index contributed by atoms with van der Waals surface area (Å²) < 4.78 is 0. The molecule has 0 aliphatic heterocycles. The van der Waals surface area contributed by atoms with Crippen LogP contribution in [0.2, 0.25) is 0 Å². The van der Waals surface area contributed by atoms with Gasteiger partial charge in [0, 0.05) is 6.07 Å². The van der Waals surface area contributed by atoms with Crippen LogP contribution < -0.4 is 11.1 Å². The first-order valence-corrected chi connectivity index (χ1v) is 6.88. The highest BCUT2D eigenvalue weighted by Gasteiger charge is 2.16. The van der Waals surface area contributed by atoms with E-state index in [1.807, 2.05) is 6.26 Å². The molecule has 0 spiro atoms. The number of hydrogen-bond acceptors (Lipinski definition) is 6. The van der Waals surface area contributed by atoms with Crippen LogP contribution >= 0.6 is 11.8 Å². The molecule has 0 unspecified atom stereocenters. The number of carbonyl (C=O) groups is 1. The number of thioether (sulfide) groups is 1. The van der Waals surface area contributed by atoms with Crippen molar-refractivity contribution in [3.05, 3.63) is 28.3 Å². The number of amides is 1. The smallest absolute Gasteiger partial charge is 0.273 e. The molecule has 0 heterocycles. The number of rotatable bonds is 6. The molecular formula is C11H15N3O4S. The number of aromatic hydroxyl groups is 1. The zero-order chi connectivity index (χ0) is 14.4. The first-order chi connectivity index (χ1) is 8.95. The van der Waals surface area contributed by atoms with Crippen molar-refractivity contribution in [3.63, 3.8) is 0 Å². The quantitative estimate of drug-likeness (QED) is 0.412. The molecule has 8 heteroatoms. The van der Waals surface area contributed by atoms with Gasteiger partial charge in [0.2, 0.25) is 5.91 Å². The van der Waals surface area contributed by atoms with E-state index >= 15 is 0 Å². The predicted molar refractivity (Wildman–Crippen MR) is 74.4 cm³/mol. The molecule has 0 fully saturated rings. The van der Waals surface area contributed by atoms with Crippen molar-refractivity contribution in [2.24, 2.45) is 5.73 Å². The van der Waals surface area contributed by atoms with E-state index in [9.17, 15) is 20.0 Å². The number of benzene rings is 1. The van der Waals surface area contributed by atoms with Crippen molar-refractivity contribution in [1.82, 2.24) is 0 Å². The summed E-state index contributed by atoms with van der Waals surface area (Å²) in [6.45, 7) is 0. The normalized spacial score (nSPS) is 11.9. The van der Waals surface area contributed by atoms with Gasteiger partial charge in [0.05, 0.1) is 22.7 Å². The molecule has 104 valence electrons. The zero-order valence-electron chi connectivity index (χ0n) is 10.3. The molecular weight excluding hydrogens is 270 g/mol. The molecule has 1 rings (SSSR count). The lowest BCUT2D eigenvalue weighted by Crippen LogP contribution is -2.36. The van der Waals surface area contributed by atoms with Gasteiger partial charge >= 0.3 is 0 Å². The number of nitro benzene ring substituents is 1. The fraction of sp³-hybridized carbons (Fsp3) is 0.364. The number of nitrogens with zero attached hydrogens (tertiary/aromatic N) is 1. The van der Waals surface area contributed by atoms with Crippen molar-refractivity contribution >= 4 is 29.0 Å². The highest BCUT2D eigenvalue weighted by atomic mass is 32.2. The number of phenolic OH excluding ortho intramolecular Hbond substituents is 1. The van der Waals surface area contributed by atoms with Gasteiger partial charge in [0.25, 0.3) is 5.69 Å². The Hall–Kier alpha value is -1.80. The zero-order valence-corrected chi connectivity index (χ0v) is 11.1. The van der Waals surface area contributed by atoms with Crippen LogP contribution in [-0.4, -0.2) is 34.0 Å². The number of non-ortho nitro benzene ring substituents is 1. The Kier molecular flexibility index (Phi) is 5.58. The lowest BCUT2D eigenvalue weighted by atomic mass is 10.2. The Labute approximate surface area is 114 Å². The number of nitrogens with one attached hydrogen (secondary N) is 1. The molecule has 1 atom stereocenters. The van der Waals surface area contributed by atoms with E-state index in [4.69, 9.17) is 5.73 Å². The molecule has 1 amide bonds. The predicted octanol–water partition coefficient (Wildman–Crippen LogP) is 1.32. The van der Waals surface area contributed by atoms with Crippen molar-refractivity contribution in [2.45, 2.75) is 12.5 Å². The monoisotopic (exact) mass is 285 g/mol. The van der Waals surface area contributed by atoms with Crippen LogP contribution in [-0.2, 0) is 4.79 Å². The van der Waals surface area contributed by atoms with Gasteiger partial charge < -0.3 is 16.2 Å². The summed E-state index contributed by atoms with van der Waals surface area (Å²) in [7, 11) is 0. The Morgan fingerprint density at radius 3 is 2.84 bits per heavy atom. The van der Waals surface area contributed by atoms with Gasteiger partial charge in [-0.05, 0) is 24.5 Å². The Morgan fingerprint density at radius 2 is 2.32 bits per heavy atom. The lowest BCUT2D eigenvalue weighted by molar-refractivity contribution is -0.384. The maximum atomic E-state index is 11.7. The summed E-state index contributed by atoms with van der Waals surface area (Å²) in [6, 6.07) is 2.76. The fourth-order valence-corrected chi connectivity index (χ4v) is 1.83. The third kappa shape index (κ3) is 4.42. The van der Waals surface area contributed by atoms with Crippen LogP contribution in [0.3, 0.4) is 0 Å². The standard InChI is InChI=1S/C11H15N3O4S/c1-19-5-4-8(12)11(16)13-9-3-2-7(14(17)18)6-10(9)15/h2-3,6,8,15H,4-5,12H2,1H3,(H,13,16)/t8-/m1/s1.